The molecule has 48 heteroatoms. The van der Waals surface area contributed by atoms with E-state index in [-0.39, 0.29) is 0 Å². The molecule has 0 aromatic carbocycles. The van der Waals surface area contributed by atoms with Crippen molar-refractivity contribution in [2.75, 3.05) is 59.5 Å². The third-order valence-corrected chi connectivity index (χ3v) is 19.5. The van der Waals surface area contributed by atoms with E-state index in [1.54, 1.807) is 0 Å². The average Bonchev–Trinajstić information content (AvgIpc) is 0.772. The van der Waals surface area contributed by atoms with Crippen LogP contribution in [0.3, 0.4) is 0 Å². The van der Waals surface area contributed by atoms with Gasteiger partial charge in [-0.1, -0.05) is 0 Å². The van der Waals surface area contributed by atoms with Crippen LogP contribution in [0.1, 0.15) is 13.8 Å². The number of aliphatic hydroxyl groups is 27. The van der Waals surface area contributed by atoms with E-state index in [4.69, 9.17) is 80.5 Å². The van der Waals surface area contributed by atoms with Crippen molar-refractivity contribution in [1.29, 1.82) is 0 Å². The molecule has 0 aromatic heterocycles. The number of nitrogens with one attached hydrogen (secondary N) is 2. The van der Waals surface area contributed by atoms with E-state index in [1.807, 2.05) is 0 Å². The van der Waals surface area contributed by atoms with Crippen LogP contribution in [0.25, 0.3) is 0 Å². The summed E-state index contributed by atoms with van der Waals surface area (Å²) in [5.41, 5.74) is 0. The lowest BCUT2D eigenvalue weighted by Crippen LogP contribution is -2.70. The second kappa shape index (κ2) is 37.9. The Hall–Kier alpha value is -2.82. The van der Waals surface area contributed by atoms with E-state index in [9.17, 15) is 147 Å². The average molecular weight is 1560 g/mol. The van der Waals surface area contributed by atoms with Gasteiger partial charge in [-0.15, -0.1) is 0 Å². The second-order valence-electron chi connectivity index (χ2n) is 26.7. The molecular formula is C58H98N2O46. The molecule has 0 aliphatic carbocycles. The molecule has 29 N–H and O–H groups in total. The second-order valence-corrected chi connectivity index (χ2v) is 26.7. The van der Waals surface area contributed by atoms with Gasteiger partial charge in [0.15, 0.2) is 56.6 Å². The minimum Gasteiger partial charge on any atom is -0.394 e. The molecule has 9 rings (SSSR count). The highest BCUT2D eigenvalue weighted by molar-refractivity contribution is 5.73. The van der Waals surface area contributed by atoms with Gasteiger partial charge in [0.05, 0.1) is 59.5 Å². The van der Waals surface area contributed by atoms with Crippen molar-refractivity contribution in [3.05, 3.63) is 0 Å². The van der Waals surface area contributed by atoms with Crippen LogP contribution in [0.15, 0.2) is 0 Å². The molecule has 0 spiro atoms. The number of carbonyl (C=O) groups is 2. The standard InChI is InChI=1S/C58H98N2O46/c1-12(68)59-23-32(77)44(19(8-66)92-50(23)89)101-51-24(60-13(2)69)33(78)45(20(9-67)98-51)102-56-43(88)47(104-57-49(38(83)29(74)17(6-64)96-57)106-58-48(37(82)28(73)18(7-65)97-58)105-55-41(86)36(81)27(72)16(5-63)95-55)31(76)22(100-56)11-91-53-42(87)46(103-54-40(85)35(80)26(71)15(4-62)94-54)30(75)21(99-53)10-90-52-39(84)34(79)25(70)14(3-61)93-52/h14-58,61-67,70-89H,3-11H2,1-2H3,(H,59,68)(H,60,69)/t14-,15-,16-,17-,18-,19-,20-,21-,22-,23-,24-,25-,26-,27-,28-,29-,30-,31-,32-,33-,34+,35+,36+,37+,38+,39+,40+,41+,42-,43+,44-,45-,46+,47+,48+,49+,50?,51+,52+,53+,54+,55-,56+,57-,58-/m1/s1. The van der Waals surface area contributed by atoms with E-state index in [0.29, 0.717) is 0 Å². The van der Waals surface area contributed by atoms with Gasteiger partial charge in [-0.05, 0) is 0 Å². The maximum atomic E-state index is 12.9. The van der Waals surface area contributed by atoms with Crippen molar-refractivity contribution in [1.82, 2.24) is 10.6 Å². The predicted octanol–water partition coefficient (Wildman–Crippen LogP) is -20.3. The van der Waals surface area contributed by atoms with Crippen LogP contribution in [0, 0.1) is 0 Å². The molecule has 0 aromatic rings. The molecule has 9 saturated heterocycles. The largest absolute Gasteiger partial charge is 0.394 e. The first-order chi connectivity index (χ1) is 50.2. The summed E-state index contributed by atoms with van der Waals surface area (Å²) in [6.45, 7) is -7.74. The zero-order chi connectivity index (χ0) is 77.9. The molecule has 616 valence electrons. The molecule has 9 fully saturated rings. The first-order valence-electron chi connectivity index (χ1n) is 33.7. The van der Waals surface area contributed by atoms with Gasteiger partial charge >= 0.3 is 0 Å². The Morgan fingerprint density at radius 3 is 0.925 bits per heavy atom. The topological polar surface area (TPSA) is 761 Å². The molecule has 0 saturated carbocycles. The Kier molecular flexibility index (Phi) is 31.1. The quantitative estimate of drug-likeness (QED) is 0.0363. The molecule has 0 radical (unpaired) electrons. The first kappa shape index (κ1) is 87.2. The smallest absolute Gasteiger partial charge is 0.217 e. The van der Waals surface area contributed by atoms with Crippen molar-refractivity contribution in [2.45, 2.75) is 290 Å². The fourth-order valence-electron chi connectivity index (χ4n) is 13.5. The molecule has 9 heterocycles. The van der Waals surface area contributed by atoms with Crippen LogP contribution in [0.5, 0.6) is 0 Å². The predicted molar refractivity (Wildman–Crippen MR) is 320 cm³/mol. The summed E-state index contributed by atoms with van der Waals surface area (Å²) in [6.07, 6.45) is -90.8. The highest BCUT2D eigenvalue weighted by atomic mass is 16.8. The molecule has 48 nitrogen and oxygen atoms in total. The SMILES string of the molecule is CC(=O)N[C@H]1[C@H](O[C@H]2[C@H](O)[C@@H](NC(C)=O)C(O)O[C@@H]2CO)O[C@H](CO)[C@@H](O[C@@H]2O[C@H](CO[C@H]3O[C@H](CO[C@H]4O[C@H](CO)[C@@H](O)[C@H](O)[C@@H]4O)[C@@H](O)[C@H](O[C@@H]4O[C@H](CO)[C@@H](O)[C@H](O)[C@@H]4O)[C@H]3O)[C@@H](O)[C@H](O[C@H]3O[C@H](CO)[C@@H](O)[C@H](O)[C@@H]3O[C@H]3O[C@H](CO)[C@@H](O)[C@H](O)[C@@H]3O[C@H]3O[C@H](CO)[C@@H](O)[C@H](O)[C@@H]3O)[C@@H]2O)[C@@H]1O. The number of hydrogen-bond acceptors (Lipinski definition) is 46. The highest BCUT2D eigenvalue weighted by Gasteiger charge is 2.60. The number of aliphatic hydroxyl groups excluding tert-OH is 27. The zero-order valence-electron chi connectivity index (χ0n) is 56.2. The maximum absolute atomic E-state index is 12.9. The monoisotopic (exact) mass is 1560 g/mol. The molecule has 9 aliphatic heterocycles. The summed E-state index contributed by atoms with van der Waals surface area (Å²) >= 11 is 0. The summed E-state index contributed by atoms with van der Waals surface area (Å²) in [4.78, 5) is 25.1. The Balaban J connectivity index is 1.06. The zero-order valence-corrected chi connectivity index (χ0v) is 56.2. The maximum Gasteiger partial charge on any atom is 0.217 e. The van der Waals surface area contributed by atoms with E-state index in [0.717, 1.165) is 13.8 Å². The molecule has 1 unspecified atom stereocenters. The van der Waals surface area contributed by atoms with Gasteiger partial charge in [-0.25, -0.2) is 0 Å². The van der Waals surface area contributed by atoms with Crippen LogP contribution in [0.4, 0.5) is 0 Å². The fourth-order valence-corrected chi connectivity index (χ4v) is 13.5. The van der Waals surface area contributed by atoms with Crippen molar-refractivity contribution in [2.24, 2.45) is 0 Å². The lowest BCUT2D eigenvalue weighted by Gasteiger charge is -2.51. The third-order valence-electron chi connectivity index (χ3n) is 19.5. The lowest BCUT2D eigenvalue weighted by molar-refractivity contribution is -0.408. The van der Waals surface area contributed by atoms with Gasteiger partial charge in [0.25, 0.3) is 0 Å². The van der Waals surface area contributed by atoms with Gasteiger partial charge in [-0.2, -0.15) is 0 Å². The summed E-state index contributed by atoms with van der Waals surface area (Å²) in [6, 6.07) is -3.57. The van der Waals surface area contributed by atoms with Crippen LogP contribution >= 0.6 is 0 Å². The molecule has 45 atom stereocenters. The molecule has 9 aliphatic rings. The number of ether oxygens (including phenoxy) is 17. The van der Waals surface area contributed by atoms with Crippen LogP contribution in [-0.2, 0) is 90.1 Å². The number of rotatable bonds is 27. The van der Waals surface area contributed by atoms with Crippen molar-refractivity contribution >= 4 is 11.8 Å². The van der Waals surface area contributed by atoms with Gasteiger partial charge in [0.1, 0.15) is 220 Å². The van der Waals surface area contributed by atoms with Gasteiger partial charge in [0.2, 0.25) is 11.8 Å². The van der Waals surface area contributed by atoms with Crippen molar-refractivity contribution < 1.29 is 228 Å². The van der Waals surface area contributed by atoms with E-state index in [2.05, 4.69) is 10.6 Å². The molecular weight excluding hydrogens is 1460 g/mol. The van der Waals surface area contributed by atoms with Crippen LogP contribution in [-0.4, -0.2) is 485 Å². The number of amides is 2. The Morgan fingerprint density at radius 2 is 0.509 bits per heavy atom. The van der Waals surface area contributed by atoms with E-state index in [1.165, 1.54) is 0 Å². The lowest BCUT2D eigenvalue weighted by atomic mass is 9.94. The first-order valence-corrected chi connectivity index (χ1v) is 33.7. The third kappa shape index (κ3) is 18.7. The Bertz CT molecular complexity index is 2710. The van der Waals surface area contributed by atoms with Gasteiger partial charge < -0.3 is 229 Å². The summed E-state index contributed by atoms with van der Waals surface area (Å²) in [5.74, 6) is -1.73. The summed E-state index contributed by atoms with van der Waals surface area (Å²) in [5, 5.41) is 301. The summed E-state index contributed by atoms with van der Waals surface area (Å²) < 4.78 is 98.9. The van der Waals surface area contributed by atoms with Crippen LogP contribution in [0.2, 0.25) is 0 Å². The van der Waals surface area contributed by atoms with Gasteiger partial charge in [-0.3, -0.25) is 9.59 Å². The highest BCUT2D eigenvalue weighted by Crippen LogP contribution is 2.40. The van der Waals surface area contributed by atoms with Crippen molar-refractivity contribution in [3.8, 4) is 0 Å². The van der Waals surface area contributed by atoms with Gasteiger partial charge in [0, 0.05) is 13.8 Å². The number of hydrogen-bond donors (Lipinski definition) is 29. The summed E-state index contributed by atoms with van der Waals surface area (Å²) in [7, 11) is 0. The van der Waals surface area contributed by atoms with E-state index < -0.39 is 348 Å². The van der Waals surface area contributed by atoms with Crippen molar-refractivity contribution in [3.63, 3.8) is 0 Å². The molecule has 0 bridgehead atoms. The minimum atomic E-state index is -2.58. The minimum absolute atomic E-state index is 0.788. The molecule has 2 amide bonds. The van der Waals surface area contributed by atoms with Crippen LogP contribution < -0.4 is 10.6 Å². The van der Waals surface area contributed by atoms with E-state index >= 15 is 0 Å². The normalized spacial score (nSPS) is 51.2. The number of carbonyl (C=O) groups excluding carboxylic acids is 2. The Labute approximate surface area is 598 Å². The molecule has 106 heavy (non-hydrogen) atoms. The Morgan fingerprint density at radius 1 is 0.245 bits per heavy atom. The fraction of sp³-hybridized carbons (Fsp3) is 0.966.